The topological polar surface area (TPSA) is 79.7 Å². The van der Waals surface area contributed by atoms with Gasteiger partial charge >= 0.3 is 0 Å². The van der Waals surface area contributed by atoms with E-state index in [0.29, 0.717) is 12.6 Å². The Kier molecular flexibility index (Phi) is 7.22. The molecule has 1 aliphatic rings. The number of aromatic nitrogens is 5. The average Bonchev–Trinajstić information content (AvgIpc) is 3.50. The quantitative estimate of drug-likeness (QED) is 0.448. The van der Waals surface area contributed by atoms with E-state index in [0.717, 1.165) is 54.4 Å². The van der Waals surface area contributed by atoms with Gasteiger partial charge in [-0.1, -0.05) is 33.1 Å². The van der Waals surface area contributed by atoms with Crippen LogP contribution in [0.2, 0.25) is 0 Å². The van der Waals surface area contributed by atoms with Gasteiger partial charge in [0.1, 0.15) is 0 Å². The summed E-state index contributed by atoms with van der Waals surface area (Å²) in [5, 5.41) is 14.2. The molecular weight excluding hydrogens is 424 g/mol. The van der Waals surface area contributed by atoms with Crippen LogP contribution in [0.5, 0.6) is 0 Å². The van der Waals surface area contributed by atoms with Gasteiger partial charge in [-0.2, -0.15) is 0 Å². The number of fused-ring (bicyclic) bond motifs is 1. The number of rotatable bonds is 9. The summed E-state index contributed by atoms with van der Waals surface area (Å²) in [6, 6.07) is 6.85. The number of pyridine rings is 1. The van der Waals surface area contributed by atoms with Gasteiger partial charge in [-0.15, -0.1) is 5.10 Å². The number of aromatic amines is 1. The zero-order valence-corrected chi connectivity index (χ0v) is 21.7. The number of benzene rings is 1. The van der Waals surface area contributed by atoms with Gasteiger partial charge in [0.25, 0.3) is 5.56 Å². The highest BCUT2D eigenvalue weighted by Crippen LogP contribution is 2.36. The van der Waals surface area contributed by atoms with Crippen LogP contribution in [0, 0.1) is 13.8 Å². The summed E-state index contributed by atoms with van der Waals surface area (Å²) in [7, 11) is 0. The summed E-state index contributed by atoms with van der Waals surface area (Å²) in [5.41, 5.74) is 3.99. The van der Waals surface area contributed by atoms with Gasteiger partial charge in [0.15, 0.2) is 5.82 Å². The minimum atomic E-state index is -0.165. The van der Waals surface area contributed by atoms with E-state index < -0.39 is 0 Å². The highest BCUT2D eigenvalue weighted by molar-refractivity contribution is 5.80. The molecule has 1 atom stereocenters. The third-order valence-corrected chi connectivity index (χ3v) is 7.87. The van der Waals surface area contributed by atoms with Crippen molar-refractivity contribution in [1.82, 2.24) is 30.1 Å². The minimum absolute atomic E-state index is 0.00229. The Morgan fingerprint density at radius 1 is 1.15 bits per heavy atom. The number of nitrogens with one attached hydrogen (secondary N) is 1. The second kappa shape index (κ2) is 9.98. The second-order valence-electron chi connectivity index (χ2n) is 10.7. The van der Waals surface area contributed by atoms with Crippen molar-refractivity contribution in [2.75, 3.05) is 0 Å². The van der Waals surface area contributed by atoms with Gasteiger partial charge in [-0.3, -0.25) is 9.69 Å². The molecule has 0 amide bonds. The maximum atomic E-state index is 13.2. The highest BCUT2D eigenvalue weighted by Gasteiger charge is 2.35. The van der Waals surface area contributed by atoms with Crippen LogP contribution in [0.3, 0.4) is 0 Å². The fourth-order valence-electron chi connectivity index (χ4n) is 5.27. The molecule has 3 aromatic rings. The highest BCUT2D eigenvalue weighted by atomic mass is 16.1. The molecular formula is C27H40N6O. The molecule has 7 nitrogen and oxygen atoms in total. The van der Waals surface area contributed by atoms with Crippen LogP contribution < -0.4 is 5.56 Å². The molecule has 1 aliphatic carbocycles. The van der Waals surface area contributed by atoms with Crippen LogP contribution in [-0.2, 0) is 12.1 Å². The Bertz CT molecular complexity index is 1190. The summed E-state index contributed by atoms with van der Waals surface area (Å²) in [6.07, 6.45) is 7.71. The number of H-pyrrole nitrogens is 1. The van der Waals surface area contributed by atoms with E-state index in [2.05, 4.69) is 85.2 Å². The van der Waals surface area contributed by atoms with E-state index in [1.165, 1.54) is 24.0 Å². The standard InChI is InChI=1S/C27H40N6O/c1-7-11-24(25-29-30-31-33(25)27(5,6)8-2)32(22-12-9-10-13-22)17-21-16-20-14-18(3)19(4)15-23(20)28-26(21)34/h14-16,22,24H,7-13,17H2,1-6H3,(H,28,34)/t24-/m1/s1. The van der Waals surface area contributed by atoms with Crippen molar-refractivity contribution in [3.05, 3.63) is 51.1 Å². The van der Waals surface area contributed by atoms with Gasteiger partial charge in [0.2, 0.25) is 0 Å². The Hall–Kier alpha value is -2.54. The molecule has 4 rings (SSSR count). The van der Waals surface area contributed by atoms with Crippen LogP contribution in [0.1, 0.15) is 101 Å². The third-order valence-electron chi connectivity index (χ3n) is 7.87. The van der Waals surface area contributed by atoms with Crippen molar-refractivity contribution in [3.63, 3.8) is 0 Å². The second-order valence-corrected chi connectivity index (χ2v) is 10.7. The number of aryl methyl sites for hydroxylation is 2. The van der Waals surface area contributed by atoms with Crippen molar-refractivity contribution in [2.24, 2.45) is 0 Å². The third kappa shape index (κ3) is 4.81. The molecule has 0 unspecified atom stereocenters. The van der Waals surface area contributed by atoms with Crippen molar-refractivity contribution in [1.29, 1.82) is 0 Å². The molecule has 0 aliphatic heterocycles. The molecule has 34 heavy (non-hydrogen) atoms. The van der Waals surface area contributed by atoms with Crippen molar-refractivity contribution in [3.8, 4) is 0 Å². The molecule has 0 spiro atoms. The van der Waals surface area contributed by atoms with Crippen LogP contribution in [-0.4, -0.2) is 36.1 Å². The lowest BCUT2D eigenvalue weighted by Crippen LogP contribution is -2.41. The maximum absolute atomic E-state index is 13.2. The normalized spacial score (nSPS) is 16.1. The van der Waals surface area contributed by atoms with E-state index in [1.54, 1.807) is 0 Å². The fourth-order valence-corrected chi connectivity index (χ4v) is 5.27. The zero-order chi connectivity index (χ0) is 24.5. The van der Waals surface area contributed by atoms with Gasteiger partial charge in [0, 0.05) is 23.7 Å². The van der Waals surface area contributed by atoms with E-state index >= 15 is 0 Å². The lowest BCUT2D eigenvalue weighted by atomic mass is 9.99. The van der Waals surface area contributed by atoms with Gasteiger partial charge < -0.3 is 4.98 Å². The Labute approximate surface area is 202 Å². The van der Waals surface area contributed by atoms with Crippen LogP contribution >= 0.6 is 0 Å². The first kappa shape index (κ1) is 24.6. The summed E-state index contributed by atoms with van der Waals surface area (Å²) >= 11 is 0. The first-order valence-corrected chi connectivity index (χ1v) is 12.9. The van der Waals surface area contributed by atoms with Gasteiger partial charge in [0.05, 0.1) is 11.6 Å². The predicted octanol–water partition coefficient (Wildman–Crippen LogP) is 5.56. The lowest BCUT2D eigenvalue weighted by Gasteiger charge is -2.37. The molecule has 7 heteroatoms. The van der Waals surface area contributed by atoms with E-state index in [4.69, 9.17) is 0 Å². The fraction of sp³-hybridized carbons (Fsp3) is 0.630. The molecule has 1 aromatic carbocycles. The van der Waals surface area contributed by atoms with Crippen molar-refractivity contribution >= 4 is 10.9 Å². The van der Waals surface area contributed by atoms with E-state index in [1.807, 2.05) is 4.68 Å². The number of tetrazole rings is 1. The van der Waals surface area contributed by atoms with Crippen molar-refractivity contribution < 1.29 is 0 Å². The number of nitrogens with zero attached hydrogens (tertiary/aromatic N) is 5. The first-order valence-electron chi connectivity index (χ1n) is 12.9. The summed E-state index contributed by atoms with van der Waals surface area (Å²) < 4.78 is 2.02. The Balaban J connectivity index is 1.78. The SMILES string of the molecule is CCC[C@H](c1nnnn1C(C)(C)CC)N(Cc1cc2cc(C)c(C)cc2[nH]c1=O)C1CCCC1. The smallest absolute Gasteiger partial charge is 0.252 e. The Morgan fingerprint density at radius 2 is 1.85 bits per heavy atom. The number of hydrogen-bond donors (Lipinski definition) is 1. The minimum Gasteiger partial charge on any atom is -0.322 e. The van der Waals surface area contributed by atoms with Gasteiger partial charge in [-0.25, -0.2) is 4.68 Å². The lowest BCUT2D eigenvalue weighted by molar-refractivity contribution is 0.102. The maximum Gasteiger partial charge on any atom is 0.252 e. The first-order chi connectivity index (χ1) is 16.2. The average molecular weight is 465 g/mol. The van der Waals surface area contributed by atoms with Gasteiger partial charge in [-0.05, 0) is 98.5 Å². The molecule has 1 fully saturated rings. The van der Waals surface area contributed by atoms with Crippen LogP contribution in [0.15, 0.2) is 23.0 Å². The van der Waals surface area contributed by atoms with Crippen LogP contribution in [0.4, 0.5) is 0 Å². The largest absolute Gasteiger partial charge is 0.322 e. The van der Waals surface area contributed by atoms with Crippen molar-refractivity contribution in [2.45, 2.75) is 111 Å². The summed E-state index contributed by atoms with van der Waals surface area (Å²) in [4.78, 5) is 18.9. The molecule has 0 radical (unpaired) electrons. The predicted molar refractivity (Wildman–Crippen MR) is 137 cm³/mol. The van der Waals surface area contributed by atoms with E-state index in [-0.39, 0.29) is 17.1 Å². The van der Waals surface area contributed by atoms with E-state index in [9.17, 15) is 4.79 Å². The Morgan fingerprint density at radius 3 is 2.53 bits per heavy atom. The zero-order valence-electron chi connectivity index (χ0n) is 21.7. The molecule has 2 heterocycles. The monoisotopic (exact) mass is 464 g/mol. The molecule has 1 saturated carbocycles. The summed E-state index contributed by atoms with van der Waals surface area (Å²) in [5.74, 6) is 0.921. The molecule has 0 bridgehead atoms. The summed E-state index contributed by atoms with van der Waals surface area (Å²) in [6.45, 7) is 13.6. The van der Waals surface area contributed by atoms with Crippen LogP contribution in [0.25, 0.3) is 10.9 Å². The number of hydrogen-bond acceptors (Lipinski definition) is 5. The molecule has 2 aromatic heterocycles. The molecule has 1 N–H and O–H groups in total. The molecule has 0 saturated heterocycles. The molecule has 184 valence electrons.